The molecule has 1 amide bonds. The lowest BCUT2D eigenvalue weighted by Gasteiger charge is -2.17. The molecule has 17 heavy (non-hydrogen) atoms. The molecular weight excluding hydrogens is 244 g/mol. The number of nitrogens with one attached hydrogen (secondary N) is 1. The normalized spacial score (nSPS) is 12.2. The predicted octanol–water partition coefficient (Wildman–Crippen LogP) is 1.57. The Kier molecular flexibility index (Phi) is 4.45. The largest absolute Gasteiger partial charge is 0.480 e. The molecule has 0 aliphatic heterocycles. The standard InChI is InChI=1S/C11H13ClN2O3/c1-6(2)9(11(16)17)14-10(15)7-3-4-13-8(12)5-7/h3-6,9H,1-2H3,(H,14,15)(H,16,17)/t9-/m1/s1. The maximum atomic E-state index is 11.8. The second kappa shape index (κ2) is 5.63. The summed E-state index contributed by atoms with van der Waals surface area (Å²) in [4.78, 5) is 26.4. The molecular formula is C11H13ClN2O3. The highest BCUT2D eigenvalue weighted by Crippen LogP contribution is 2.08. The van der Waals surface area contributed by atoms with Crippen molar-refractivity contribution in [2.24, 2.45) is 5.92 Å². The van der Waals surface area contributed by atoms with E-state index in [-0.39, 0.29) is 16.6 Å². The fraction of sp³-hybridized carbons (Fsp3) is 0.364. The summed E-state index contributed by atoms with van der Waals surface area (Å²) in [5.74, 6) is -1.74. The lowest BCUT2D eigenvalue weighted by atomic mass is 10.0. The number of amides is 1. The molecule has 0 saturated carbocycles. The Balaban J connectivity index is 2.81. The third kappa shape index (κ3) is 3.71. The second-order valence-corrected chi connectivity index (χ2v) is 4.29. The minimum Gasteiger partial charge on any atom is -0.480 e. The van der Waals surface area contributed by atoms with Crippen LogP contribution in [-0.2, 0) is 4.79 Å². The molecule has 0 unspecified atom stereocenters. The number of hydrogen-bond acceptors (Lipinski definition) is 3. The summed E-state index contributed by atoms with van der Waals surface area (Å²) in [5, 5.41) is 11.6. The molecule has 0 aliphatic rings. The van der Waals surface area contributed by atoms with Crippen molar-refractivity contribution in [2.75, 3.05) is 0 Å². The first-order chi connectivity index (χ1) is 7.91. The van der Waals surface area contributed by atoms with Crippen LogP contribution in [0.15, 0.2) is 18.3 Å². The van der Waals surface area contributed by atoms with Gasteiger partial charge in [-0.05, 0) is 18.1 Å². The van der Waals surface area contributed by atoms with Crippen LogP contribution in [0, 0.1) is 5.92 Å². The number of hydrogen-bond donors (Lipinski definition) is 2. The van der Waals surface area contributed by atoms with Crippen LogP contribution in [0.5, 0.6) is 0 Å². The summed E-state index contributed by atoms with van der Waals surface area (Å²) in [6.45, 7) is 3.44. The van der Waals surface area contributed by atoms with Gasteiger partial charge >= 0.3 is 5.97 Å². The van der Waals surface area contributed by atoms with Crippen LogP contribution < -0.4 is 5.32 Å². The molecule has 1 atom stereocenters. The smallest absolute Gasteiger partial charge is 0.326 e. The highest BCUT2D eigenvalue weighted by Gasteiger charge is 2.23. The fourth-order valence-corrected chi connectivity index (χ4v) is 1.46. The number of rotatable bonds is 4. The maximum Gasteiger partial charge on any atom is 0.326 e. The molecule has 1 aromatic heterocycles. The van der Waals surface area contributed by atoms with Crippen molar-refractivity contribution in [1.29, 1.82) is 0 Å². The van der Waals surface area contributed by atoms with Gasteiger partial charge in [0.05, 0.1) is 0 Å². The molecule has 5 nitrogen and oxygen atoms in total. The molecule has 2 N–H and O–H groups in total. The fourth-order valence-electron chi connectivity index (χ4n) is 1.28. The van der Waals surface area contributed by atoms with Crippen LogP contribution in [0.3, 0.4) is 0 Å². The zero-order chi connectivity index (χ0) is 13.0. The lowest BCUT2D eigenvalue weighted by Crippen LogP contribution is -2.44. The Labute approximate surface area is 104 Å². The minimum atomic E-state index is -1.06. The van der Waals surface area contributed by atoms with E-state index in [2.05, 4.69) is 10.3 Å². The van der Waals surface area contributed by atoms with E-state index in [1.807, 2.05) is 0 Å². The van der Waals surface area contributed by atoms with Gasteiger partial charge in [-0.2, -0.15) is 0 Å². The van der Waals surface area contributed by atoms with E-state index < -0.39 is 17.9 Å². The summed E-state index contributed by atoms with van der Waals surface area (Å²) in [6, 6.07) is 1.94. The quantitative estimate of drug-likeness (QED) is 0.802. The molecule has 0 bridgehead atoms. The third-order valence-corrected chi connectivity index (χ3v) is 2.41. The van der Waals surface area contributed by atoms with Gasteiger partial charge in [-0.25, -0.2) is 9.78 Å². The second-order valence-electron chi connectivity index (χ2n) is 3.90. The highest BCUT2D eigenvalue weighted by molar-refractivity contribution is 6.29. The van der Waals surface area contributed by atoms with Crippen molar-refractivity contribution in [3.8, 4) is 0 Å². The van der Waals surface area contributed by atoms with Crippen molar-refractivity contribution in [3.05, 3.63) is 29.0 Å². The van der Waals surface area contributed by atoms with Gasteiger partial charge in [0.25, 0.3) is 5.91 Å². The number of nitrogens with zero attached hydrogens (tertiary/aromatic N) is 1. The van der Waals surface area contributed by atoms with Crippen LogP contribution in [0.25, 0.3) is 0 Å². The van der Waals surface area contributed by atoms with E-state index in [9.17, 15) is 9.59 Å². The number of carboxylic acids is 1. The number of pyridine rings is 1. The van der Waals surface area contributed by atoms with Gasteiger partial charge in [0.1, 0.15) is 11.2 Å². The van der Waals surface area contributed by atoms with Gasteiger partial charge in [0, 0.05) is 11.8 Å². The predicted molar refractivity (Wildman–Crippen MR) is 63.0 cm³/mol. The lowest BCUT2D eigenvalue weighted by molar-refractivity contribution is -0.140. The van der Waals surface area contributed by atoms with E-state index in [0.29, 0.717) is 0 Å². The summed E-state index contributed by atoms with van der Waals surface area (Å²) in [7, 11) is 0. The average molecular weight is 257 g/mol. The monoisotopic (exact) mass is 256 g/mol. The molecule has 0 saturated heterocycles. The van der Waals surface area contributed by atoms with Crippen molar-refractivity contribution >= 4 is 23.5 Å². The van der Waals surface area contributed by atoms with Crippen LogP contribution in [0.1, 0.15) is 24.2 Å². The van der Waals surface area contributed by atoms with Gasteiger partial charge in [-0.15, -0.1) is 0 Å². The first-order valence-electron chi connectivity index (χ1n) is 5.07. The zero-order valence-electron chi connectivity index (χ0n) is 9.48. The van der Waals surface area contributed by atoms with Crippen molar-refractivity contribution in [1.82, 2.24) is 10.3 Å². The molecule has 0 fully saturated rings. The maximum absolute atomic E-state index is 11.8. The number of aliphatic carboxylic acids is 1. The first-order valence-corrected chi connectivity index (χ1v) is 5.45. The van der Waals surface area contributed by atoms with Crippen LogP contribution in [-0.4, -0.2) is 28.0 Å². The Bertz CT molecular complexity index is 434. The summed E-state index contributed by atoms with van der Waals surface area (Å²) < 4.78 is 0. The van der Waals surface area contributed by atoms with Gasteiger partial charge in [0.15, 0.2) is 0 Å². The molecule has 1 heterocycles. The van der Waals surface area contributed by atoms with Crippen LogP contribution in [0.2, 0.25) is 5.15 Å². The molecule has 0 aromatic carbocycles. The van der Waals surface area contributed by atoms with E-state index in [1.54, 1.807) is 13.8 Å². The van der Waals surface area contributed by atoms with E-state index in [0.717, 1.165) is 0 Å². The number of carbonyl (C=O) groups is 2. The number of aromatic nitrogens is 1. The molecule has 92 valence electrons. The Hall–Kier alpha value is -1.62. The SMILES string of the molecule is CC(C)[C@@H](NC(=O)c1ccnc(Cl)c1)C(=O)O. The molecule has 1 aromatic rings. The summed E-state index contributed by atoms with van der Waals surface area (Å²) >= 11 is 5.64. The highest BCUT2D eigenvalue weighted by atomic mass is 35.5. The molecule has 0 radical (unpaired) electrons. The zero-order valence-corrected chi connectivity index (χ0v) is 10.2. The summed E-state index contributed by atoms with van der Waals surface area (Å²) in [5.41, 5.74) is 0.289. The molecule has 0 aliphatic carbocycles. The average Bonchev–Trinajstić information content (AvgIpc) is 2.24. The minimum absolute atomic E-state index is 0.189. The van der Waals surface area contributed by atoms with Gasteiger partial charge in [-0.1, -0.05) is 25.4 Å². The summed E-state index contributed by atoms with van der Waals surface area (Å²) in [6.07, 6.45) is 1.39. The number of carbonyl (C=O) groups excluding carboxylic acids is 1. The van der Waals surface area contributed by atoms with Gasteiger partial charge in [-0.3, -0.25) is 4.79 Å². The van der Waals surface area contributed by atoms with Crippen LogP contribution in [0.4, 0.5) is 0 Å². The van der Waals surface area contributed by atoms with Gasteiger partial charge < -0.3 is 10.4 Å². The van der Waals surface area contributed by atoms with E-state index in [4.69, 9.17) is 16.7 Å². The third-order valence-electron chi connectivity index (χ3n) is 2.21. The van der Waals surface area contributed by atoms with Crippen molar-refractivity contribution in [2.45, 2.75) is 19.9 Å². The molecule has 6 heteroatoms. The first kappa shape index (κ1) is 13.4. The molecule has 0 spiro atoms. The number of halogens is 1. The Morgan fingerprint density at radius 1 is 1.47 bits per heavy atom. The van der Waals surface area contributed by atoms with E-state index >= 15 is 0 Å². The van der Waals surface area contributed by atoms with Crippen molar-refractivity contribution < 1.29 is 14.7 Å². The Morgan fingerprint density at radius 3 is 2.59 bits per heavy atom. The topological polar surface area (TPSA) is 79.3 Å². The van der Waals surface area contributed by atoms with E-state index in [1.165, 1.54) is 18.3 Å². The molecule has 1 rings (SSSR count). The Morgan fingerprint density at radius 2 is 2.12 bits per heavy atom. The van der Waals surface area contributed by atoms with Crippen LogP contribution >= 0.6 is 11.6 Å². The van der Waals surface area contributed by atoms with Crippen molar-refractivity contribution in [3.63, 3.8) is 0 Å². The number of carboxylic acid groups (broad SMARTS) is 1. The van der Waals surface area contributed by atoms with Gasteiger partial charge in [0.2, 0.25) is 0 Å².